The first-order chi connectivity index (χ1) is 24.0. The molecular formula is C36H50ClN3O11. The maximum absolute atomic E-state index is 14.1. The Morgan fingerprint density at radius 1 is 1.24 bits per heavy atom. The van der Waals surface area contributed by atoms with Gasteiger partial charge in [-0.15, -0.1) is 0 Å². The van der Waals surface area contributed by atoms with Crippen molar-refractivity contribution in [2.24, 2.45) is 5.92 Å². The molecule has 3 aliphatic rings. The Morgan fingerprint density at radius 2 is 1.94 bits per heavy atom. The van der Waals surface area contributed by atoms with Crippen molar-refractivity contribution in [1.29, 1.82) is 0 Å². The highest BCUT2D eigenvalue weighted by molar-refractivity contribution is 6.35. The van der Waals surface area contributed by atoms with Gasteiger partial charge in [0.15, 0.2) is 5.72 Å². The second-order valence-electron chi connectivity index (χ2n) is 13.6. The van der Waals surface area contributed by atoms with Crippen LogP contribution in [0.25, 0.3) is 0 Å². The molecular weight excluding hydrogens is 686 g/mol. The molecule has 1 aromatic carbocycles. The molecule has 0 unspecified atom stereocenters. The standard InChI is InChI=1S/C36H50ClN3O11/c1-20-11-10-12-27(48-9)36(45)19-26(49-34(44)38-36)21(2)32-35(4,51-32)28(50-33(43)22(3)39(5)29(41)13-14-46-7)18-30(42)40(6)24-16-23(15-20)17-25(47-8)31(24)37/h10-12,16-17,21-22,26-28,32,45H,13-15,18-19H2,1-9H3,(H,38,44)/b12-10+,20-11+/t21-,22+,26+,27-,28+,32+,35+,36+/m1/s1. The van der Waals surface area contributed by atoms with Crippen LogP contribution in [0.3, 0.4) is 0 Å². The molecule has 0 aromatic heterocycles. The van der Waals surface area contributed by atoms with Gasteiger partial charge in [-0.25, -0.2) is 9.59 Å². The number of nitrogens with one attached hydrogen (secondary N) is 1. The molecule has 1 aromatic rings. The van der Waals surface area contributed by atoms with Gasteiger partial charge in [-0.1, -0.05) is 42.3 Å². The molecule has 4 bridgehead atoms. The van der Waals surface area contributed by atoms with Crippen molar-refractivity contribution >= 4 is 41.2 Å². The van der Waals surface area contributed by atoms with E-state index in [4.69, 9.17) is 40.0 Å². The quantitative estimate of drug-likeness (QED) is 0.296. The van der Waals surface area contributed by atoms with Gasteiger partial charge in [0.25, 0.3) is 0 Å². The Morgan fingerprint density at radius 3 is 2.59 bits per heavy atom. The number of alkyl carbamates (subject to hydrolysis) is 1. The predicted octanol–water partition coefficient (Wildman–Crippen LogP) is 3.55. The molecule has 3 aliphatic heterocycles. The number of nitrogens with zero attached hydrogens (tertiary/aromatic N) is 2. The number of halogens is 1. The molecule has 2 N–H and O–H groups in total. The van der Waals surface area contributed by atoms with Crippen LogP contribution in [0, 0.1) is 5.92 Å². The van der Waals surface area contributed by atoms with Crippen molar-refractivity contribution < 1.29 is 52.7 Å². The lowest BCUT2D eigenvalue weighted by atomic mass is 9.83. The van der Waals surface area contributed by atoms with Crippen LogP contribution in [0.2, 0.25) is 5.02 Å². The summed E-state index contributed by atoms with van der Waals surface area (Å²) in [6.07, 6.45) is 0.977. The maximum Gasteiger partial charge on any atom is 0.409 e. The Balaban J connectivity index is 1.76. The maximum atomic E-state index is 14.1. The minimum Gasteiger partial charge on any atom is -0.495 e. The molecule has 0 saturated carbocycles. The van der Waals surface area contributed by atoms with Crippen molar-refractivity contribution in [1.82, 2.24) is 10.2 Å². The van der Waals surface area contributed by atoms with E-state index in [9.17, 15) is 24.3 Å². The van der Waals surface area contributed by atoms with Gasteiger partial charge in [0, 0.05) is 40.7 Å². The number of anilines is 1. The van der Waals surface area contributed by atoms with Gasteiger partial charge in [-0.2, -0.15) is 0 Å². The zero-order chi connectivity index (χ0) is 37.8. The number of ether oxygens (including phenoxy) is 6. The third kappa shape index (κ3) is 8.86. The molecule has 282 valence electrons. The number of hydrogen-bond acceptors (Lipinski definition) is 11. The summed E-state index contributed by atoms with van der Waals surface area (Å²) in [6, 6.07) is 2.58. The fraction of sp³-hybridized carbons (Fsp3) is 0.611. The first-order valence-corrected chi connectivity index (χ1v) is 17.2. The number of methoxy groups -OCH3 is 3. The molecule has 15 heteroatoms. The van der Waals surface area contributed by atoms with Crippen molar-refractivity contribution in [3.63, 3.8) is 0 Å². The molecule has 51 heavy (non-hydrogen) atoms. The Labute approximate surface area is 303 Å². The van der Waals surface area contributed by atoms with Gasteiger partial charge in [0.05, 0.1) is 38.3 Å². The summed E-state index contributed by atoms with van der Waals surface area (Å²) < 4.78 is 34.1. The lowest BCUT2D eigenvalue weighted by Gasteiger charge is -2.42. The van der Waals surface area contributed by atoms with Crippen molar-refractivity contribution in [3.05, 3.63) is 46.5 Å². The molecule has 2 saturated heterocycles. The van der Waals surface area contributed by atoms with Gasteiger partial charge >= 0.3 is 12.1 Å². The first-order valence-electron chi connectivity index (χ1n) is 16.8. The van der Waals surface area contributed by atoms with Crippen molar-refractivity contribution in [2.75, 3.05) is 46.9 Å². The highest BCUT2D eigenvalue weighted by Gasteiger charge is 2.64. The number of esters is 1. The van der Waals surface area contributed by atoms with E-state index < -0.39 is 65.7 Å². The van der Waals surface area contributed by atoms with Crippen LogP contribution < -0.4 is 15.0 Å². The Kier molecular flexibility index (Phi) is 12.8. The number of hydrogen-bond donors (Lipinski definition) is 2. The summed E-state index contributed by atoms with van der Waals surface area (Å²) in [4.78, 5) is 55.8. The fourth-order valence-corrected chi connectivity index (χ4v) is 6.90. The smallest absolute Gasteiger partial charge is 0.409 e. The average molecular weight is 736 g/mol. The number of amides is 3. The van der Waals surface area contributed by atoms with E-state index >= 15 is 0 Å². The number of carbonyl (C=O) groups is 4. The molecule has 8 atom stereocenters. The number of carbonyl (C=O) groups excluding carboxylic acids is 4. The molecule has 3 amide bonds. The van der Waals surface area contributed by atoms with Crippen LogP contribution in [0.4, 0.5) is 10.5 Å². The Bertz CT molecular complexity index is 1550. The van der Waals surface area contributed by atoms with Gasteiger partial charge in [0.1, 0.15) is 40.7 Å². The summed E-state index contributed by atoms with van der Waals surface area (Å²) in [5.74, 6) is -1.67. The second-order valence-corrected chi connectivity index (χ2v) is 14.0. The zero-order valence-corrected chi connectivity index (χ0v) is 31.4. The van der Waals surface area contributed by atoms with E-state index in [1.807, 2.05) is 13.0 Å². The number of epoxide rings is 1. The molecule has 4 rings (SSSR count). The molecule has 14 nitrogen and oxygen atoms in total. The van der Waals surface area contributed by atoms with Crippen molar-refractivity contribution in [3.8, 4) is 5.75 Å². The van der Waals surface area contributed by atoms with E-state index in [-0.39, 0.29) is 36.8 Å². The van der Waals surface area contributed by atoms with Crippen LogP contribution in [0.5, 0.6) is 5.75 Å². The largest absolute Gasteiger partial charge is 0.495 e. The van der Waals surface area contributed by atoms with Crippen molar-refractivity contribution in [2.45, 2.75) is 95.2 Å². The zero-order valence-electron chi connectivity index (χ0n) is 30.7. The molecule has 0 radical (unpaired) electrons. The summed E-state index contributed by atoms with van der Waals surface area (Å²) in [7, 11) is 7.45. The van der Waals surface area contributed by atoms with Gasteiger partial charge in [-0.3, -0.25) is 14.9 Å². The summed E-state index contributed by atoms with van der Waals surface area (Å²) in [5.41, 5.74) is -0.924. The highest BCUT2D eigenvalue weighted by Crippen LogP contribution is 2.49. The van der Waals surface area contributed by atoms with E-state index in [1.165, 1.54) is 45.1 Å². The summed E-state index contributed by atoms with van der Waals surface area (Å²) in [6.45, 7) is 7.14. The van der Waals surface area contributed by atoms with Crippen LogP contribution in [-0.2, 0) is 44.5 Å². The van der Waals surface area contributed by atoms with Crippen LogP contribution in [-0.4, -0.2) is 118 Å². The number of aliphatic hydroxyl groups is 1. The summed E-state index contributed by atoms with van der Waals surface area (Å²) in [5, 5.41) is 14.4. The van der Waals surface area contributed by atoms with Gasteiger partial charge < -0.3 is 43.3 Å². The monoisotopic (exact) mass is 735 g/mol. The number of fused-ring (bicyclic) bond motifs is 5. The third-order valence-electron chi connectivity index (χ3n) is 10.0. The number of benzene rings is 1. The normalized spacial score (nSPS) is 31.9. The van der Waals surface area contributed by atoms with Crippen LogP contribution in [0.15, 0.2) is 35.9 Å². The second kappa shape index (κ2) is 16.3. The number of rotatable bonds is 8. The lowest BCUT2D eigenvalue weighted by Crippen LogP contribution is -2.63. The van der Waals surface area contributed by atoms with Gasteiger partial charge in [0.2, 0.25) is 11.8 Å². The molecule has 3 heterocycles. The Hall–Kier alpha value is -3.69. The third-order valence-corrected chi connectivity index (χ3v) is 10.4. The molecule has 0 aliphatic carbocycles. The van der Waals surface area contributed by atoms with Crippen LogP contribution in [0.1, 0.15) is 52.5 Å². The topological polar surface area (TPSA) is 166 Å². The fourth-order valence-electron chi connectivity index (χ4n) is 6.58. The number of likely N-dealkylation sites (N-methyl/N-ethyl adjacent to an activating group) is 1. The van der Waals surface area contributed by atoms with E-state index in [0.717, 1.165) is 11.1 Å². The minimum absolute atomic E-state index is 0.0525. The first kappa shape index (κ1) is 40.1. The van der Waals surface area contributed by atoms with E-state index in [0.29, 0.717) is 17.9 Å². The van der Waals surface area contributed by atoms with Gasteiger partial charge in [-0.05, 0) is 44.9 Å². The lowest BCUT2D eigenvalue weighted by molar-refractivity contribution is -0.162. The molecule has 2 fully saturated rings. The van der Waals surface area contributed by atoms with E-state index in [1.54, 1.807) is 45.2 Å². The predicted molar refractivity (Wildman–Crippen MR) is 187 cm³/mol. The van der Waals surface area contributed by atoms with E-state index in [2.05, 4.69) is 5.32 Å². The number of allylic oxidation sites excluding steroid dienone is 3. The van der Waals surface area contributed by atoms with Crippen LogP contribution >= 0.6 is 11.6 Å². The SMILES string of the molecule is COCCC(=O)N(C)[C@@H](C)C(=O)O[C@H]1CC(=O)N(C)c2cc(cc(OC)c2Cl)C/C(C)=C/C=C/[C@@H](OC)[C@@]2(O)C[C@H](OC(=O)N2)[C@@H](C)[C@@H]2O[C@@]12C. The summed E-state index contributed by atoms with van der Waals surface area (Å²) >= 11 is 6.74. The highest BCUT2D eigenvalue weighted by atomic mass is 35.5. The molecule has 0 spiro atoms. The minimum atomic E-state index is -1.83. The average Bonchev–Trinajstić information content (AvgIpc) is 3.79.